The SMILES string of the molecule is CCOCCN(CCOCC)c1ccc(CCc2ccc(CS(=O)(=O)C(C)(C)C)cc2)cc1. The molecular formula is C27H41NO4S. The van der Waals surface area contributed by atoms with Crippen LogP contribution < -0.4 is 4.90 Å². The monoisotopic (exact) mass is 475 g/mol. The molecule has 0 fully saturated rings. The van der Waals surface area contributed by atoms with Gasteiger partial charge in [0.25, 0.3) is 0 Å². The van der Waals surface area contributed by atoms with Crippen molar-refractivity contribution in [3.63, 3.8) is 0 Å². The molecule has 33 heavy (non-hydrogen) atoms. The summed E-state index contributed by atoms with van der Waals surface area (Å²) >= 11 is 0. The molecule has 0 heterocycles. The van der Waals surface area contributed by atoms with Gasteiger partial charge in [-0.15, -0.1) is 0 Å². The number of benzene rings is 2. The minimum atomic E-state index is -3.17. The maximum atomic E-state index is 12.4. The fourth-order valence-electron chi connectivity index (χ4n) is 3.41. The van der Waals surface area contributed by atoms with Gasteiger partial charge in [0.2, 0.25) is 0 Å². The van der Waals surface area contributed by atoms with Gasteiger partial charge >= 0.3 is 0 Å². The van der Waals surface area contributed by atoms with E-state index in [9.17, 15) is 8.42 Å². The van der Waals surface area contributed by atoms with Gasteiger partial charge in [-0.25, -0.2) is 8.42 Å². The third kappa shape index (κ3) is 9.11. The zero-order valence-electron chi connectivity index (χ0n) is 21.0. The number of aryl methyl sites for hydroxylation is 2. The van der Waals surface area contributed by atoms with E-state index in [1.165, 1.54) is 16.8 Å². The largest absolute Gasteiger partial charge is 0.380 e. The van der Waals surface area contributed by atoms with Gasteiger partial charge in [-0.3, -0.25) is 0 Å². The maximum Gasteiger partial charge on any atom is 0.159 e. The third-order valence-electron chi connectivity index (χ3n) is 5.74. The van der Waals surface area contributed by atoms with Crippen molar-refractivity contribution in [2.75, 3.05) is 44.4 Å². The lowest BCUT2D eigenvalue weighted by Gasteiger charge is -2.25. The topological polar surface area (TPSA) is 55.8 Å². The second-order valence-electron chi connectivity index (χ2n) is 9.24. The standard InChI is InChI=1S/C27H41NO4S/c1-6-31-20-18-28(19-21-32-7-2)26-16-14-24(15-17-26)9-8-23-10-12-25(13-11-23)22-33(29,30)27(3,4)5/h10-17H,6-9,18-22H2,1-5H3. The first-order valence-electron chi connectivity index (χ1n) is 12.0. The highest BCUT2D eigenvalue weighted by Crippen LogP contribution is 2.21. The molecule has 0 atom stereocenters. The molecule has 6 heteroatoms. The van der Waals surface area contributed by atoms with E-state index in [1.807, 2.05) is 38.1 Å². The Morgan fingerprint density at radius 3 is 1.58 bits per heavy atom. The van der Waals surface area contributed by atoms with Gasteiger partial charge in [0.1, 0.15) is 0 Å². The molecule has 2 aromatic rings. The molecule has 0 aromatic heterocycles. The minimum Gasteiger partial charge on any atom is -0.380 e. The van der Waals surface area contributed by atoms with E-state index >= 15 is 0 Å². The quantitative estimate of drug-likeness (QED) is 0.357. The van der Waals surface area contributed by atoms with Crippen LogP contribution in [0.3, 0.4) is 0 Å². The van der Waals surface area contributed by atoms with E-state index in [0.29, 0.717) is 13.2 Å². The highest BCUT2D eigenvalue weighted by atomic mass is 32.2. The van der Waals surface area contributed by atoms with E-state index in [4.69, 9.17) is 9.47 Å². The maximum absolute atomic E-state index is 12.4. The Bertz CT molecular complexity index is 906. The smallest absolute Gasteiger partial charge is 0.159 e. The lowest BCUT2D eigenvalue weighted by atomic mass is 10.0. The van der Waals surface area contributed by atoms with Gasteiger partial charge in [0.15, 0.2) is 9.84 Å². The first-order valence-corrected chi connectivity index (χ1v) is 13.6. The summed E-state index contributed by atoms with van der Waals surface area (Å²) < 4.78 is 35.2. The molecule has 184 valence electrons. The van der Waals surface area contributed by atoms with E-state index in [2.05, 4.69) is 29.2 Å². The van der Waals surface area contributed by atoms with Crippen LogP contribution in [-0.4, -0.2) is 52.7 Å². The first kappa shape index (κ1) is 27.4. The van der Waals surface area contributed by atoms with Gasteiger partial charge in [0, 0.05) is 32.0 Å². The Kier molecular flexibility index (Phi) is 10.9. The number of sulfone groups is 1. The Labute approximate surface area is 201 Å². The van der Waals surface area contributed by atoms with Crippen molar-refractivity contribution in [3.8, 4) is 0 Å². The van der Waals surface area contributed by atoms with E-state index < -0.39 is 14.6 Å². The van der Waals surface area contributed by atoms with E-state index in [-0.39, 0.29) is 5.75 Å². The second kappa shape index (κ2) is 13.1. The lowest BCUT2D eigenvalue weighted by molar-refractivity contribution is 0.141. The van der Waals surface area contributed by atoms with Crippen LogP contribution >= 0.6 is 0 Å². The molecule has 0 saturated carbocycles. The van der Waals surface area contributed by atoms with Gasteiger partial charge in [-0.1, -0.05) is 36.4 Å². The number of hydrogen-bond acceptors (Lipinski definition) is 5. The third-order valence-corrected chi connectivity index (χ3v) is 8.32. The van der Waals surface area contributed by atoms with Crippen molar-refractivity contribution in [1.82, 2.24) is 0 Å². The van der Waals surface area contributed by atoms with Crippen LogP contribution in [0.5, 0.6) is 0 Å². The van der Waals surface area contributed by atoms with Crippen LogP contribution in [0.4, 0.5) is 5.69 Å². The summed E-state index contributed by atoms with van der Waals surface area (Å²) in [6.45, 7) is 13.8. The Morgan fingerprint density at radius 2 is 1.15 bits per heavy atom. The summed E-state index contributed by atoms with van der Waals surface area (Å²) in [4.78, 5) is 2.31. The van der Waals surface area contributed by atoms with Gasteiger partial charge in [-0.05, 0) is 76.3 Å². The molecule has 0 N–H and O–H groups in total. The summed E-state index contributed by atoms with van der Waals surface area (Å²) in [7, 11) is -3.17. The highest BCUT2D eigenvalue weighted by molar-refractivity contribution is 7.91. The predicted octanol–water partition coefficient (Wildman–Crippen LogP) is 5.06. The summed E-state index contributed by atoms with van der Waals surface area (Å²) in [5, 5.41) is 0. The number of hydrogen-bond donors (Lipinski definition) is 0. The van der Waals surface area contributed by atoms with Crippen LogP contribution in [0.1, 0.15) is 51.3 Å². The fourth-order valence-corrected chi connectivity index (χ4v) is 4.47. The van der Waals surface area contributed by atoms with Crippen molar-refractivity contribution < 1.29 is 17.9 Å². The average Bonchev–Trinajstić information content (AvgIpc) is 2.77. The number of ether oxygens (including phenoxy) is 2. The van der Waals surface area contributed by atoms with E-state index in [0.717, 1.165) is 44.7 Å². The van der Waals surface area contributed by atoms with Gasteiger partial charge in [0.05, 0.1) is 23.7 Å². The zero-order chi connectivity index (χ0) is 24.3. The molecule has 0 aliphatic carbocycles. The van der Waals surface area contributed by atoms with Gasteiger partial charge in [-0.2, -0.15) is 0 Å². The molecule has 0 aliphatic rings. The normalized spacial score (nSPS) is 12.2. The summed E-state index contributed by atoms with van der Waals surface area (Å²) in [5.74, 6) is 0.0847. The second-order valence-corrected chi connectivity index (χ2v) is 12.0. The molecule has 0 unspecified atom stereocenters. The molecule has 0 radical (unpaired) electrons. The van der Waals surface area contributed by atoms with Crippen LogP contribution in [0.2, 0.25) is 0 Å². The Hall–Kier alpha value is -1.89. The van der Waals surface area contributed by atoms with Crippen molar-refractivity contribution in [2.45, 2.75) is 58.0 Å². The van der Waals surface area contributed by atoms with Crippen LogP contribution in [0, 0.1) is 0 Å². The molecular weight excluding hydrogens is 434 g/mol. The van der Waals surface area contributed by atoms with Gasteiger partial charge < -0.3 is 14.4 Å². The van der Waals surface area contributed by atoms with Crippen molar-refractivity contribution in [1.29, 1.82) is 0 Å². The first-order chi connectivity index (χ1) is 15.7. The van der Waals surface area contributed by atoms with Crippen molar-refractivity contribution in [3.05, 3.63) is 65.2 Å². The summed E-state index contributed by atoms with van der Waals surface area (Å²) in [5.41, 5.74) is 4.53. The lowest BCUT2D eigenvalue weighted by Crippen LogP contribution is -2.31. The number of anilines is 1. The van der Waals surface area contributed by atoms with Crippen LogP contribution in [-0.2, 0) is 37.9 Å². The molecule has 0 spiro atoms. The van der Waals surface area contributed by atoms with Crippen LogP contribution in [0.25, 0.3) is 0 Å². The average molecular weight is 476 g/mol. The molecule has 2 aromatic carbocycles. The van der Waals surface area contributed by atoms with Crippen molar-refractivity contribution in [2.24, 2.45) is 0 Å². The zero-order valence-corrected chi connectivity index (χ0v) is 21.8. The van der Waals surface area contributed by atoms with E-state index in [1.54, 1.807) is 20.8 Å². The van der Waals surface area contributed by atoms with Crippen LogP contribution in [0.15, 0.2) is 48.5 Å². The Morgan fingerprint density at radius 1 is 0.727 bits per heavy atom. The molecule has 0 bridgehead atoms. The summed E-state index contributed by atoms with van der Waals surface area (Å²) in [6.07, 6.45) is 1.86. The molecule has 0 aliphatic heterocycles. The number of rotatable bonds is 14. The number of nitrogens with zero attached hydrogens (tertiary/aromatic N) is 1. The van der Waals surface area contributed by atoms with Crippen molar-refractivity contribution >= 4 is 15.5 Å². The minimum absolute atomic E-state index is 0.0847. The molecule has 5 nitrogen and oxygen atoms in total. The highest BCUT2D eigenvalue weighted by Gasteiger charge is 2.28. The fraction of sp³-hybridized carbons (Fsp3) is 0.556. The molecule has 0 saturated heterocycles. The predicted molar refractivity (Wildman–Crippen MR) is 138 cm³/mol. The molecule has 2 rings (SSSR count). The molecule has 0 amide bonds. The Balaban J connectivity index is 1.93. The summed E-state index contributed by atoms with van der Waals surface area (Å²) in [6, 6.07) is 16.7.